The highest BCUT2D eigenvalue weighted by molar-refractivity contribution is 6.20. The quantitative estimate of drug-likeness (QED) is 0.565. The van der Waals surface area contributed by atoms with Crippen molar-refractivity contribution < 1.29 is 0 Å². The summed E-state index contributed by atoms with van der Waals surface area (Å²) in [7, 11) is 0. The summed E-state index contributed by atoms with van der Waals surface area (Å²) in [6.07, 6.45) is 0. The summed E-state index contributed by atoms with van der Waals surface area (Å²) in [6, 6.07) is 1.90. The van der Waals surface area contributed by atoms with Crippen LogP contribution in [0.2, 0.25) is 0 Å². The third-order valence-electron chi connectivity index (χ3n) is 1.35. The van der Waals surface area contributed by atoms with Crippen LogP contribution in [0.25, 0.3) is 0 Å². The molecule has 0 amide bonds. The van der Waals surface area contributed by atoms with E-state index in [-0.39, 0.29) is 23.8 Å². The van der Waals surface area contributed by atoms with E-state index in [0.717, 1.165) is 0 Å². The topological polar surface area (TPSA) is 101 Å². The molecule has 0 aliphatic carbocycles. The Bertz CT molecular complexity index is 358. The second-order valence-electron chi connectivity index (χ2n) is 2.50. The molecular formula is C7H9ClN6. The van der Waals surface area contributed by atoms with Gasteiger partial charge in [-0.05, 0) is 6.92 Å². The Morgan fingerprint density at radius 2 is 2.29 bits per heavy atom. The second-order valence-corrected chi connectivity index (χ2v) is 3.16. The van der Waals surface area contributed by atoms with Crippen molar-refractivity contribution in [1.82, 2.24) is 15.0 Å². The summed E-state index contributed by atoms with van der Waals surface area (Å²) in [5.41, 5.74) is 5.43. The minimum Gasteiger partial charge on any atom is -0.368 e. The summed E-state index contributed by atoms with van der Waals surface area (Å²) >= 11 is 5.78. The highest BCUT2D eigenvalue weighted by Crippen LogP contribution is 2.16. The number of alkyl halides is 1. The number of nitrogen functional groups attached to an aromatic ring is 1. The number of nitrogens with zero attached hydrogens (tertiary/aromatic N) is 4. The zero-order valence-corrected chi connectivity index (χ0v) is 8.28. The molecule has 1 rings (SSSR count). The van der Waals surface area contributed by atoms with Crippen molar-refractivity contribution in [3.05, 3.63) is 5.82 Å². The molecule has 0 bridgehead atoms. The molecule has 3 N–H and O–H groups in total. The van der Waals surface area contributed by atoms with Crippen LogP contribution in [0.15, 0.2) is 0 Å². The lowest BCUT2D eigenvalue weighted by Crippen LogP contribution is -2.10. The highest BCUT2D eigenvalue weighted by Gasteiger charge is 2.08. The van der Waals surface area contributed by atoms with Gasteiger partial charge < -0.3 is 11.1 Å². The average Bonchev–Trinajstić information content (AvgIpc) is 2.14. The van der Waals surface area contributed by atoms with E-state index >= 15 is 0 Å². The molecule has 1 aromatic heterocycles. The maximum absolute atomic E-state index is 8.33. The first-order valence-electron chi connectivity index (χ1n) is 3.90. The number of halogens is 1. The number of rotatable bonds is 3. The predicted molar refractivity (Wildman–Crippen MR) is 52.6 cm³/mol. The van der Waals surface area contributed by atoms with Gasteiger partial charge in [0.05, 0.1) is 11.4 Å². The molecule has 1 atom stereocenters. The molecule has 0 aliphatic heterocycles. The van der Waals surface area contributed by atoms with Gasteiger partial charge in [-0.2, -0.15) is 20.2 Å². The Balaban J connectivity index is 2.90. The van der Waals surface area contributed by atoms with Crippen LogP contribution in [0.4, 0.5) is 11.9 Å². The molecule has 0 fully saturated rings. The molecular weight excluding hydrogens is 204 g/mol. The predicted octanol–water partition coefficient (Wildman–Crippen LogP) is 0.689. The van der Waals surface area contributed by atoms with E-state index in [4.69, 9.17) is 22.6 Å². The summed E-state index contributed by atoms with van der Waals surface area (Å²) in [4.78, 5) is 11.6. The number of nitrogens with two attached hydrogens (primary N) is 1. The first-order chi connectivity index (χ1) is 6.63. The maximum Gasteiger partial charge on any atom is 0.228 e. The van der Waals surface area contributed by atoms with E-state index in [0.29, 0.717) is 5.82 Å². The van der Waals surface area contributed by atoms with E-state index in [2.05, 4.69) is 20.3 Å². The summed E-state index contributed by atoms with van der Waals surface area (Å²) in [5, 5.41) is 10.7. The Morgan fingerprint density at radius 1 is 1.57 bits per heavy atom. The number of anilines is 2. The zero-order valence-electron chi connectivity index (χ0n) is 7.53. The number of nitriles is 1. The van der Waals surface area contributed by atoms with Gasteiger partial charge in [-0.1, -0.05) is 0 Å². The standard InChI is InChI=1S/C7H9ClN6/c1-4(8)5-12-6(10)14-7(13-5)11-3-2-9/h4H,3H2,1H3,(H3,10,11,12,13,14). The summed E-state index contributed by atoms with van der Waals surface area (Å²) < 4.78 is 0. The minimum atomic E-state index is -0.345. The van der Waals surface area contributed by atoms with Crippen molar-refractivity contribution in [2.45, 2.75) is 12.3 Å². The van der Waals surface area contributed by atoms with Gasteiger partial charge in [0.25, 0.3) is 0 Å². The Labute approximate surface area is 86.1 Å². The number of hydrogen-bond acceptors (Lipinski definition) is 6. The summed E-state index contributed by atoms with van der Waals surface area (Å²) in [5.74, 6) is 0.740. The maximum atomic E-state index is 8.33. The van der Waals surface area contributed by atoms with Crippen molar-refractivity contribution in [1.29, 1.82) is 5.26 Å². The molecule has 1 aromatic rings. The smallest absolute Gasteiger partial charge is 0.228 e. The Hall–Kier alpha value is -1.61. The SMILES string of the molecule is CC(Cl)c1nc(N)nc(NCC#N)n1. The van der Waals surface area contributed by atoms with Crippen molar-refractivity contribution >= 4 is 23.5 Å². The van der Waals surface area contributed by atoms with Crippen LogP contribution in [0, 0.1) is 11.3 Å². The van der Waals surface area contributed by atoms with Gasteiger partial charge in [-0.3, -0.25) is 0 Å². The molecule has 0 aliphatic rings. The Morgan fingerprint density at radius 3 is 2.86 bits per heavy atom. The molecule has 7 heteroatoms. The first kappa shape index (κ1) is 10.5. The van der Waals surface area contributed by atoms with Crippen LogP contribution in [-0.4, -0.2) is 21.5 Å². The van der Waals surface area contributed by atoms with Crippen molar-refractivity contribution in [2.75, 3.05) is 17.6 Å². The molecule has 0 saturated carbocycles. The lowest BCUT2D eigenvalue weighted by molar-refractivity contribution is 0.884. The van der Waals surface area contributed by atoms with Crippen LogP contribution in [-0.2, 0) is 0 Å². The van der Waals surface area contributed by atoms with Crippen LogP contribution in [0.1, 0.15) is 18.1 Å². The molecule has 0 aromatic carbocycles. The zero-order chi connectivity index (χ0) is 10.6. The average molecular weight is 213 g/mol. The van der Waals surface area contributed by atoms with Gasteiger partial charge in [0.15, 0.2) is 5.82 Å². The van der Waals surface area contributed by atoms with E-state index in [1.54, 1.807) is 6.92 Å². The van der Waals surface area contributed by atoms with E-state index in [9.17, 15) is 0 Å². The molecule has 0 saturated heterocycles. The van der Waals surface area contributed by atoms with Crippen LogP contribution < -0.4 is 11.1 Å². The third-order valence-corrected chi connectivity index (χ3v) is 1.55. The van der Waals surface area contributed by atoms with Crippen LogP contribution in [0.3, 0.4) is 0 Å². The Kier molecular flexibility index (Phi) is 3.42. The van der Waals surface area contributed by atoms with Crippen molar-refractivity contribution in [2.24, 2.45) is 0 Å². The van der Waals surface area contributed by atoms with Crippen molar-refractivity contribution in [3.8, 4) is 6.07 Å². The van der Waals surface area contributed by atoms with Crippen LogP contribution in [0.5, 0.6) is 0 Å². The molecule has 1 heterocycles. The first-order valence-corrected chi connectivity index (χ1v) is 4.33. The van der Waals surface area contributed by atoms with Gasteiger partial charge >= 0.3 is 0 Å². The largest absolute Gasteiger partial charge is 0.368 e. The number of aromatic nitrogens is 3. The van der Waals surface area contributed by atoms with Crippen LogP contribution >= 0.6 is 11.6 Å². The lowest BCUT2D eigenvalue weighted by atomic mass is 10.4. The third kappa shape index (κ3) is 2.71. The molecule has 74 valence electrons. The number of hydrogen-bond donors (Lipinski definition) is 2. The van der Waals surface area contributed by atoms with Gasteiger partial charge in [0, 0.05) is 0 Å². The van der Waals surface area contributed by atoms with Crippen molar-refractivity contribution in [3.63, 3.8) is 0 Å². The van der Waals surface area contributed by atoms with Gasteiger partial charge in [0.2, 0.25) is 11.9 Å². The number of nitrogens with one attached hydrogen (secondary N) is 1. The van der Waals surface area contributed by atoms with Gasteiger partial charge in [0.1, 0.15) is 6.54 Å². The molecule has 6 nitrogen and oxygen atoms in total. The summed E-state index contributed by atoms with van der Waals surface area (Å²) in [6.45, 7) is 1.84. The normalized spacial score (nSPS) is 11.8. The monoisotopic (exact) mass is 212 g/mol. The molecule has 14 heavy (non-hydrogen) atoms. The van der Waals surface area contributed by atoms with Gasteiger partial charge in [-0.25, -0.2) is 0 Å². The van der Waals surface area contributed by atoms with E-state index in [1.165, 1.54) is 0 Å². The molecule has 1 unspecified atom stereocenters. The van der Waals surface area contributed by atoms with E-state index in [1.807, 2.05) is 6.07 Å². The lowest BCUT2D eigenvalue weighted by Gasteiger charge is -2.05. The fourth-order valence-electron chi connectivity index (χ4n) is 0.785. The molecule has 0 spiro atoms. The highest BCUT2D eigenvalue weighted by atomic mass is 35.5. The fourth-order valence-corrected chi connectivity index (χ4v) is 0.882. The van der Waals surface area contributed by atoms with Gasteiger partial charge in [-0.15, -0.1) is 11.6 Å². The second kappa shape index (κ2) is 4.58. The fraction of sp³-hybridized carbons (Fsp3) is 0.429. The van der Waals surface area contributed by atoms with E-state index < -0.39 is 0 Å². The minimum absolute atomic E-state index is 0.0861. The molecule has 0 radical (unpaired) electrons.